The van der Waals surface area contributed by atoms with Crippen LogP contribution in [-0.2, 0) is 6.18 Å². The highest BCUT2D eigenvalue weighted by Gasteiger charge is 2.37. The molecule has 3 heterocycles. The van der Waals surface area contributed by atoms with E-state index in [2.05, 4.69) is 10.3 Å². The highest BCUT2D eigenvalue weighted by atomic mass is 35.5. The fraction of sp³-hybridized carbons (Fsp3) is 0.167. The molecule has 1 aliphatic rings. The number of pyridine rings is 1. The Morgan fingerprint density at radius 2 is 1.70 bits per heavy atom. The standard InChI is InChI=1S/C24H15Cl4F3N4OS/c25-13-4-6-14(7-5-13)32-23(36)34-8-9-37-22(34)19-20-17(28)10-12(24(29,30)31)11-35(20)21(33-19)18-15(26)2-1-3-16(18)27/h1-7,10-11,22H,8-9H2,(H,32,36). The maximum absolute atomic E-state index is 13.7. The lowest BCUT2D eigenvalue weighted by Crippen LogP contribution is -2.34. The number of carbonyl (C=O) groups excluding carboxylic acids is 1. The number of alkyl halides is 3. The zero-order valence-electron chi connectivity index (χ0n) is 18.5. The van der Waals surface area contributed by atoms with Gasteiger partial charge in [-0.3, -0.25) is 4.40 Å². The van der Waals surface area contributed by atoms with Crippen LogP contribution in [0.1, 0.15) is 16.6 Å². The van der Waals surface area contributed by atoms with Crippen LogP contribution in [0.5, 0.6) is 0 Å². The summed E-state index contributed by atoms with van der Waals surface area (Å²) < 4.78 is 42.3. The van der Waals surface area contributed by atoms with Gasteiger partial charge >= 0.3 is 12.2 Å². The number of thioether (sulfide) groups is 1. The second kappa shape index (κ2) is 10.1. The highest BCUT2D eigenvalue weighted by molar-refractivity contribution is 7.99. The Bertz CT molecular complexity index is 1490. The van der Waals surface area contributed by atoms with Gasteiger partial charge < -0.3 is 10.2 Å². The van der Waals surface area contributed by atoms with Crippen molar-refractivity contribution in [3.8, 4) is 11.4 Å². The fourth-order valence-electron chi connectivity index (χ4n) is 4.04. The minimum absolute atomic E-state index is 0.0826. The van der Waals surface area contributed by atoms with E-state index in [4.69, 9.17) is 46.4 Å². The number of carbonyl (C=O) groups is 1. The SMILES string of the molecule is O=C(Nc1ccc(Cl)cc1)N1CCSC1c1nc(-c2c(Cl)cccc2Cl)n2cc(C(F)(F)F)cc(Cl)c12. The Labute approximate surface area is 233 Å². The van der Waals surface area contributed by atoms with E-state index in [1.807, 2.05) is 0 Å². The van der Waals surface area contributed by atoms with E-state index in [9.17, 15) is 18.0 Å². The Kier molecular flexibility index (Phi) is 7.19. The largest absolute Gasteiger partial charge is 0.417 e. The molecule has 1 fully saturated rings. The molecule has 5 nitrogen and oxygen atoms in total. The summed E-state index contributed by atoms with van der Waals surface area (Å²) in [5, 5.41) is 2.95. The van der Waals surface area contributed by atoms with Crippen LogP contribution in [0.3, 0.4) is 0 Å². The van der Waals surface area contributed by atoms with E-state index in [0.29, 0.717) is 28.7 Å². The molecule has 0 spiro atoms. The molecule has 37 heavy (non-hydrogen) atoms. The second-order valence-electron chi connectivity index (χ2n) is 8.06. The number of benzene rings is 2. The lowest BCUT2D eigenvalue weighted by Gasteiger charge is -2.23. The molecule has 5 rings (SSSR count). The van der Waals surface area contributed by atoms with Crippen LogP contribution >= 0.6 is 58.2 Å². The van der Waals surface area contributed by atoms with Gasteiger partial charge in [-0.25, -0.2) is 9.78 Å². The van der Waals surface area contributed by atoms with Gasteiger partial charge in [0.15, 0.2) is 0 Å². The maximum Gasteiger partial charge on any atom is 0.417 e. The number of imidazole rings is 1. The van der Waals surface area contributed by atoms with Crippen LogP contribution < -0.4 is 5.32 Å². The van der Waals surface area contributed by atoms with Crippen LogP contribution in [0, 0.1) is 0 Å². The third kappa shape index (κ3) is 5.07. The van der Waals surface area contributed by atoms with Crippen molar-refractivity contribution in [1.29, 1.82) is 0 Å². The maximum atomic E-state index is 13.7. The summed E-state index contributed by atoms with van der Waals surface area (Å²) >= 11 is 26.6. The third-order valence-electron chi connectivity index (χ3n) is 5.71. The minimum atomic E-state index is -4.66. The van der Waals surface area contributed by atoms with Gasteiger partial charge in [0.1, 0.15) is 16.9 Å². The number of urea groups is 1. The quantitative estimate of drug-likeness (QED) is 0.254. The summed E-state index contributed by atoms with van der Waals surface area (Å²) in [6.07, 6.45) is -3.75. The van der Waals surface area contributed by atoms with Gasteiger partial charge in [0.05, 0.1) is 31.7 Å². The summed E-state index contributed by atoms with van der Waals surface area (Å²) in [4.78, 5) is 19.4. The van der Waals surface area contributed by atoms with E-state index < -0.39 is 23.1 Å². The molecular weight excluding hydrogens is 591 g/mol. The van der Waals surface area contributed by atoms with E-state index in [1.165, 1.54) is 16.2 Å². The van der Waals surface area contributed by atoms with E-state index in [1.54, 1.807) is 47.4 Å². The van der Waals surface area contributed by atoms with Crippen LogP contribution in [-0.4, -0.2) is 32.6 Å². The molecular formula is C24H15Cl4F3N4OS. The number of rotatable bonds is 3. The molecule has 192 valence electrons. The lowest BCUT2D eigenvalue weighted by atomic mass is 10.2. The topological polar surface area (TPSA) is 49.6 Å². The predicted molar refractivity (Wildman–Crippen MR) is 143 cm³/mol. The number of halogens is 7. The zero-order chi connectivity index (χ0) is 26.5. The molecule has 1 N–H and O–H groups in total. The Morgan fingerprint density at radius 3 is 2.35 bits per heavy atom. The molecule has 4 aromatic rings. The Morgan fingerprint density at radius 1 is 1.03 bits per heavy atom. The van der Waals surface area contributed by atoms with Gasteiger partial charge in [0, 0.05) is 29.2 Å². The first kappa shape index (κ1) is 26.3. The third-order valence-corrected chi connectivity index (χ3v) is 8.09. The van der Waals surface area contributed by atoms with Crippen molar-refractivity contribution in [3.05, 3.63) is 86.1 Å². The van der Waals surface area contributed by atoms with Crippen molar-refractivity contribution < 1.29 is 18.0 Å². The summed E-state index contributed by atoms with van der Waals surface area (Å²) in [5.41, 5.74) is 0.372. The minimum Gasteiger partial charge on any atom is -0.308 e. The number of hydrogen-bond acceptors (Lipinski definition) is 3. The number of nitrogens with zero attached hydrogens (tertiary/aromatic N) is 3. The first-order chi connectivity index (χ1) is 17.5. The number of nitrogens with one attached hydrogen (secondary N) is 1. The van der Waals surface area contributed by atoms with Crippen LogP contribution in [0.4, 0.5) is 23.7 Å². The fourth-order valence-corrected chi connectivity index (χ4v) is 6.27. The summed E-state index contributed by atoms with van der Waals surface area (Å²) in [5.74, 6) is 0.664. The molecule has 1 aliphatic heterocycles. The molecule has 1 unspecified atom stereocenters. The average molecular weight is 606 g/mol. The number of hydrogen-bond donors (Lipinski definition) is 1. The van der Waals surface area contributed by atoms with Gasteiger partial charge in [-0.2, -0.15) is 13.2 Å². The molecule has 0 saturated carbocycles. The monoisotopic (exact) mass is 604 g/mol. The van der Waals surface area contributed by atoms with Crippen LogP contribution in [0.15, 0.2) is 54.7 Å². The van der Waals surface area contributed by atoms with E-state index >= 15 is 0 Å². The number of amides is 2. The molecule has 1 saturated heterocycles. The van der Waals surface area contributed by atoms with Crippen molar-refractivity contribution in [2.75, 3.05) is 17.6 Å². The Hall–Kier alpha value is -2.30. The van der Waals surface area contributed by atoms with Crippen molar-refractivity contribution in [2.45, 2.75) is 11.6 Å². The van der Waals surface area contributed by atoms with Crippen LogP contribution in [0.25, 0.3) is 16.9 Å². The van der Waals surface area contributed by atoms with Gasteiger partial charge in [0.2, 0.25) is 0 Å². The summed E-state index contributed by atoms with van der Waals surface area (Å²) in [6.45, 7) is 0.383. The van der Waals surface area contributed by atoms with Crippen molar-refractivity contribution >= 4 is 75.4 Å². The second-order valence-corrected chi connectivity index (χ2v) is 10.9. The normalized spacial score (nSPS) is 16.0. The molecule has 2 aromatic heterocycles. The summed E-state index contributed by atoms with van der Waals surface area (Å²) in [6, 6.07) is 11.8. The molecule has 0 bridgehead atoms. The average Bonchev–Trinajstić information content (AvgIpc) is 3.45. The predicted octanol–water partition coefficient (Wildman–Crippen LogP) is 8.91. The zero-order valence-corrected chi connectivity index (χ0v) is 22.3. The molecule has 1 atom stereocenters. The Balaban J connectivity index is 1.65. The van der Waals surface area contributed by atoms with Gasteiger partial charge in [0.25, 0.3) is 0 Å². The molecule has 0 aliphatic carbocycles. The highest BCUT2D eigenvalue weighted by Crippen LogP contribution is 2.45. The number of fused-ring (bicyclic) bond motifs is 1. The van der Waals surface area contributed by atoms with Crippen molar-refractivity contribution in [2.24, 2.45) is 0 Å². The molecule has 13 heteroatoms. The number of anilines is 1. The van der Waals surface area contributed by atoms with E-state index in [0.717, 1.165) is 12.3 Å². The first-order valence-corrected chi connectivity index (χ1v) is 13.3. The smallest absolute Gasteiger partial charge is 0.308 e. The number of aromatic nitrogens is 2. The van der Waals surface area contributed by atoms with Crippen molar-refractivity contribution in [3.63, 3.8) is 0 Å². The first-order valence-electron chi connectivity index (χ1n) is 10.7. The molecule has 0 radical (unpaired) electrons. The lowest BCUT2D eigenvalue weighted by molar-refractivity contribution is -0.137. The van der Waals surface area contributed by atoms with Gasteiger partial charge in [-0.1, -0.05) is 52.5 Å². The van der Waals surface area contributed by atoms with E-state index in [-0.39, 0.29) is 32.0 Å². The van der Waals surface area contributed by atoms with Gasteiger partial charge in [-0.15, -0.1) is 11.8 Å². The molecule has 2 amide bonds. The van der Waals surface area contributed by atoms with Crippen LogP contribution in [0.2, 0.25) is 20.1 Å². The summed E-state index contributed by atoms with van der Waals surface area (Å²) in [7, 11) is 0. The molecule has 2 aromatic carbocycles. The van der Waals surface area contributed by atoms with Gasteiger partial charge in [-0.05, 0) is 42.5 Å². The van der Waals surface area contributed by atoms with Crippen molar-refractivity contribution in [1.82, 2.24) is 14.3 Å².